The van der Waals surface area contributed by atoms with E-state index in [2.05, 4.69) is 30.2 Å². The van der Waals surface area contributed by atoms with E-state index < -0.39 is 0 Å². The Hall–Kier alpha value is 0.0600. The van der Waals surface area contributed by atoms with Crippen molar-refractivity contribution < 1.29 is 0 Å². The van der Waals surface area contributed by atoms with Gasteiger partial charge in [-0.25, -0.2) is 4.98 Å². The molecule has 0 aromatic carbocycles. The van der Waals surface area contributed by atoms with E-state index in [1.165, 1.54) is 0 Å². The van der Waals surface area contributed by atoms with E-state index in [9.17, 15) is 0 Å². The van der Waals surface area contributed by atoms with Gasteiger partial charge in [-0.3, -0.25) is 0 Å². The summed E-state index contributed by atoms with van der Waals surface area (Å²) in [5, 5.41) is 1.10. The van der Waals surface area contributed by atoms with Crippen LogP contribution in [0.5, 0.6) is 0 Å². The Morgan fingerprint density at radius 2 is 2.25 bits per heavy atom. The molecule has 0 aliphatic carbocycles. The third kappa shape index (κ3) is 1.53. The molecule has 1 nitrogen and oxygen atoms in total. The highest BCUT2D eigenvalue weighted by atomic mass is 79.9. The van der Waals surface area contributed by atoms with Crippen LogP contribution >= 0.6 is 25.2 Å². The summed E-state index contributed by atoms with van der Waals surface area (Å²) in [6.07, 6.45) is 1.79. The maximum atomic E-state index is 3.97. The lowest BCUT2D eigenvalue weighted by Gasteiger charge is -1.87. The summed E-state index contributed by atoms with van der Waals surface area (Å²) in [7, 11) is 2.57. The van der Waals surface area contributed by atoms with Gasteiger partial charge < -0.3 is 0 Å². The smallest absolute Gasteiger partial charge is 0.106 e. The zero-order chi connectivity index (χ0) is 5.98. The number of nitrogens with zero attached hydrogens (tertiary/aromatic N) is 1. The van der Waals surface area contributed by atoms with E-state index in [0.717, 1.165) is 9.91 Å². The van der Waals surface area contributed by atoms with E-state index in [-0.39, 0.29) is 0 Å². The van der Waals surface area contributed by atoms with Crippen LogP contribution in [0.1, 0.15) is 0 Å². The van der Waals surface area contributed by atoms with Crippen molar-refractivity contribution in [2.75, 3.05) is 0 Å². The fourth-order valence-electron chi connectivity index (χ4n) is 0.387. The fraction of sp³-hybridized carbons (Fsp3) is 0. The number of aromatic nitrogens is 1. The van der Waals surface area contributed by atoms with E-state index >= 15 is 0 Å². The summed E-state index contributed by atoms with van der Waals surface area (Å²) in [4.78, 5) is 3.97. The lowest BCUT2D eigenvalue weighted by atomic mass is 10.5. The summed E-state index contributed by atoms with van der Waals surface area (Å²) < 4.78 is 0.878. The molecule has 1 unspecified atom stereocenters. The molecule has 3 heteroatoms. The van der Waals surface area contributed by atoms with Gasteiger partial charge in [-0.1, -0.05) is 6.07 Å². The third-order valence-electron chi connectivity index (χ3n) is 0.750. The molecular formula is C5H5BrNP. The largest absolute Gasteiger partial charge is 0.249 e. The minimum Gasteiger partial charge on any atom is -0.249 e. The van der Waals surface area contributed by atoms with Crippen LogP contribution in [0.2, 0.25) is 0 Å². The lowest BCUT2D eigenvalue weighted by Crippen LogP contribution is -1.88. The first-order chi connectivity index (χ1) is 3.79. The molecule has 0 aliphatic heterocycles. The van der Waals surface area contributed by atoms with E-state index in [1.807, 2.05) is 12.1 Å². The zero-order valence-electron chi connectivity index (χ0n) is 4.13. The highest BCUT2D eigenvalue weighted by molar-refractivity contribution is 9.10. The predicted octanol–water partition coefficient (Wildman–Crippen LogP) is 1.34. The average molecular weight is 190 g/mol. The third-order valence-corrected chi connectivity index (χ3v) is 1.56. The van der Waals surface area contributed by atoms with E-state index in [0.29, 0.717) is 0 Å². The van der Waals surface area contributed by atoms with Gasteiger partial charge in [0.05, 0.1) is 0 Å². The molecule has 1 rings (SSSR count). The van der Waals surface area contributed by atoms with Crippen molar-refractivity contribution in [1.29, 1.82) is 0 Å². The molecule has 1 aromatic rings. The number of pyridine rings is 1. The standard InChI is InChI=1S/C5H5BrNP/c6-5-2-1-4(8)3-7-5/h1-3H,8H2. The topological polar surface area (TPSA) is 12.9 Å². The highest BCUT2D eigenvalue weighted by Crippen LogP contribution is 2.01. The quantitative estimate of drug-likeness (QED) is 0.444. The maximum absolute atomic E-state index is 3.97. The summed E-state index contributed by atoms with van der Waals surface area (Å²) in [6.45, 7) is 0. The second kappa shape index (κ2) is 2.56. The summed E-state index contributed by atoms with van der Waals surface area (Å²) in [5.41, 5.74) is 0. The van der Waals surface area contributed by atoms with Crippen molar-refractivity contribution in [3.05, 3.63) is 22.9 Å². The molecule has 1 aromatic heterocycles. The molecule has 0 saturated carbocycles. The number of hydrogen-bond donors (Lipinski definition) is 0. The number of hydrogen-bond acceptors (Lipinski definition) is 1. The Labute approximate surface area is 58.8 Å². The van der Waals surface area contributed by atoms with Gasteiger partial charge in [-0.2, -0.15) is 0 Å². The zero-order valence-corrected chi connectivity index (χ0v) is 6.88. The van der Waals surface area contributed by atoms with Gasteiger partial charge in [0.1, 0.15) is 4.60 Å². The van der Waals surface area contributed by atoms with Gasteiger partial charge in [0.15, 0.2) is 0 Å². The van der Waals surface area contributed by atoms with E-state index in [1.54, 1.807) is 6.20 Å². The molecule has 0 aliphatic rings. The first-order valence-corrected chi connectivity index (χ1v) is 3.53. The maximum Gasteiger partial charge on any atom is 0.106 e. The van der Waals surface area contributed by atoms with Gasteiger partial charge in [0.2, 0.25) is 0 Å². The van der Waals surface area contributed by atoms with Crippen LogP contribution in [-0.4, -0.2) is 4.98 Å². The van der Waals surface area contributed by atoms with Gasteiger partial charge in [0.25, 0.3) is 0 Å². The van der Waals surface area contributed by atoms with Crippen molar-refractivity contribution in [2.24, 2.45) is 0 Å². The lowest BCUT2D eigenvalue weighted by molar-refractivity contribution is 1.30. The molecule has 42 valence electrons. The summed E-state index contributed by atoms with van der Waals surface area (Å²) in [6, 6.07) is 3.88. The molecule has 0 bridgehead atoms. The summed E-state index contributed by atoms with van der Waals surface area (Å²) >= 11 is 3.23. The molecule has 8 heavy (non-hydrogen) atoms. The normalized spacial score (nSPS) is 9.25. The van der Waals surface area contributed by atoms with Crippen molar-refractivity contribution >= 4 is 30.5 Å². The second-order valence-corrected chi connectivity index (χ2v) is 2.89. The SMILES string of the molecule is Pc1ccc(Br)nc1. The molecule has 1 heterocycles. The predicted molar refractivity (Wildman–Crippen MR) is 41.3 cm³/mol. The van der Waals surface area contributed by atoms with Gasteiger partial charge in [-0.15, -0.1) is 9.24 Å². The Morgan fingerprint density at radius 1 is 1.50 bits per heavy atom. The minimum atomic E-state index is 0.878. The molecule has 0 N–H and O–H groups in total. The molecule has 0 spiro atoms. The highest BCUT2D eigenvalue weighted by Gasteiger charge is 1.83. The Kier molecular flexibility index (Phi) is 1.98. The first kappa shape index (κ1) is 6.18. The van der Waals surface area contributed by atoms with Crippen LogP contribution in [0.15, 0.2) is 22.9 Å². The van der Waals surface area contributed by atoms with Gasteiger partial charge >= 0.3 is 0 Å². The molecule has 1 atom stereocenters. The minimum absolute atomic E-state index is 0.878. The van der Waals surface area contributed by atoms with Gasteiger partial charge in [0, 0.05) is 6.20 Å². The molecular weight excluding hydrogens is 185 g/mol. The van der Waals surface area contributed by atoms with Crippen molar-refractivity contribution in [3.8, 4) is 0 Å². The Morgan fingerprint density at radius 3 is 2.62 bits per heavy atom. The van der Waals surface area contributed by atoms with Crippen LogP contribution in [-0.2, 0) is 0 Å². The molecule has 0 amide bonds. The van der Waals surface area contributed by atoms with Crippen molar-refractivity contribution in [2.45, 2.75) is 0 Å². The van der Waals surface area contributed by atoms with Crippen LogP contribution in [0.25, 0.3) is 0 Å². The van der Waals surface area contributed by atoms with Crippen molar-refractivity contribution in [1.82, 2.24) is 4.98 Å². The van der Waals surface area contributed by atoms with Crippen LogP contribution in [0, 0.1) is 0 Å². The molecule has 0 fully saturated rings. The number of halogens is 1. The van der Waals surface area contributed by atoms with E-state index in [4.69, 9.17) is 0 Å². The monoisotopic (exact) mass is 189 g/mol. The Bertz CT molecular complexity index is 151. The number of rotatable bonds is 0. The summed E-state index contributed by atoms with van der Waals surface area (Å²) in [5.74, 6) is 0. The van der Waals surface area contributed by atoms with Gasteiger partial charge in [-0.05, 0) is 27.3 Å². The van der Waals surface area contributed by atoms with Crippen LogP contribution in [0.4, 0.5) is 0 Å². The van der Waals surface area contributed by atoms with Crippen LogP contribution in [0.3, 0.4) is 0 Å². The fourth-order valence-corrected chi connectivity index (χ4v) is 0.793. The Balaban J connectivity index is 3.03. The average Bonchev–Trinajstić information content (AvgIpc) is 1.77. The molecule has 0 radical (unpaired) electrons. The first-order valence-electron chi connectivity index (χ1n) is 2.16. The van der Waals surface area contributed by atoms with Crippen LogP contribution < -0.4 is 5.30 Å². The van der Waals surface area contributed by atoms with Crippen molar-refractivity contribution in [3.63, 3.8) is 0 Å². The second-order valence-electron chi connectivity index (χ2n) is 1.41. The molecule has 0 saturated heterocycles.